The third-order valence-electron chi connectivity index (χ3n) is 6.43. The van der Waals surface area contributed by atoms with Crippen LogP contribution in [0.3, 0.4) is 0 Å². The molecule has 4 aromatic heterocycles. The number of pyridine rings is 1. The van der Waals surface area contributed by atoms with Gasteiger partial charge in [0.15, 0.2) is 11.6 Å². The van der Waals surface area contributed by atoms with E-state index in [2.05, 4.69) is 36.5 Å². The lowest BCUT2D eigenvalue weighted by molar-refractivity contribution is 0.337. The molecule has 1 N–H and O–H groups in total. The highest BCUT2D eigenvalue weighted by Crippen LogP contribution is 2.28. The van der Waals surface area contributed by atoms with Gasteiger partial charge in [-0.2, -0.15) is 0 Å². The molecule has 11 nitrogen and oxygen atoms in total. The van der Waals surface area contributed by atoms with Gasteiger partial charge in [0, 0.05) is 29.3 Å². The van der Waals surface area contributed by atoms with Gasteiger partial charge < -0.3 is 4.74 Å². The fourth-order valence-corrected chi connectivity index (χ4v) is 4.50. The molecule has 0 bridgehead atoms. The molecule has 0 spiro atoms. The van der Waals surface area contributed by atoms with E-state index in [0.717, 1.165) is 29.7 Å². The number of rotatable bonds is 10. The van der Waals surface area contributed by atoms with Gasteiger partial charge >= 0.3 is 5.76 Å². The maximum atomic E-state index is 13.8. The highest BCUT2D eigenvalue weighted by atomic mass is 16.5. The van der Waals surface area contributed by atoms with Gasteiger partial charge in [0.2, 0.25) is 5.95 Å². The van der Waals surface area contributed by atoms with Gasteiger partial charge in [-0.25, -0.2) is 24.3 Å². The molecule has 204 valence electrons. The number of unbranched alkanes of at least 4 members (excludes halogenated alkanes) is 1. The number of hydrogen-bond acceptors (Lipinski definition) is 9. The van der Waals surface area contributed by atoms with Crippen molar-refractivity contribution in [1.82, 2.24) is 34.6 Å². The lowest BCUT2D eigenvalue weighted by atomic mass is 10.0. The first-order valence-electron chi connectivity index (χ1n) is 13.2. The van der Waals surface area contributed by atoms with Crippen molar-refractivity contribution in [3.05, 3.63) is 98.5 Å². The molecule has 11 heteroatoms. The molecule has 40 heavy (non-hydrogen) atoms. The molecule has 0 aliphatic rings. The van der Waals surface area contributed by atoms with E-state index in [1.807, 2.05) is 43.3 Å². The summed E-state index contributed by atoms with van der Waals surface area (Å²) in [5.74, 6) is 1.01. The lowest BCUT2D eigenvalue weighted by Crippen LogP contribution is -2.29. The van der Waals surface area contributed by atoms with Crippen molar-refractivity contribution < 1.29 is 9.26 Å². The fraction of sp³-hybridized carbons (Fsp3) is 0.276. The summed E-state index contributed by atoms with van der Waals surface area (Å²) >= 11 is 0. The number of aryl methyl sites for hydroxylation is 2. The Kier molecular flexibility index (Phi) is 7.90. The zero-order chi connectivity index (χ0) is 28.1. The number of nitrogens with zero attached hydrogens (tertiary/aromatic N) is 6. The summed E-state index contributed by atoms with van der Waals surface area (Å²) in [4.78, 5) is 46.1. The number of ether oxygens (including phenoxy) is 1. The molecule has 0 aliphatic heterocycles. The Morgan fingerprint density at radius 3 is 2.40 bits per heavy atom. The molecule has 0 radical (unpaired) electrons. The van der Waals surface area contributed by atoms with Crippen LogP contribution in [-0.4, -0.2) is 41.3 Å². The van der Waals surface area contributed by atoms with Crippen LogP contribution in [0.25, 0.3) is 28.6 Å². The molecule has 0 fully saturated rings. The molecular formula is C29H29N7O4. The average Bonchev–Trinajstić information content (AvgIpc) is 3.41. The maximum absolute atomic E-state index is 13.8. The van der Waals surface area contributed by atoms with E-state index in [-0.39, 0.29) is 11.5 Å². The average molecular weight is 540 g/mol. The van der Waals surface area contributed by atoms with E-state index < -0.39 is 5.76 Å². The summed E-state index contributed by atoms with van der Waals surface area (Å²) in [5.41, 5.74) is 4.19. The zero-order valence-electron chi connectivity index (χ0n) is 22.5. The largest absolute Gasteiger partial charge is 0.491 e. The summed E-state index contributed by atoms with van der Waals surface area (Å²) in [6.07, 6.45) is 7.81. The van der Waals surface area contributed by atoms with Crippen molar-refractivity contribution in [2.45, 2.75) is 46.5 Å². The van der Waals surface area contributed by atoms with Crippen LogP contribution in [0.1, 0.15) is 49.3 Å². The topological polar surface area (TPSA) is 142 Å². The van der Waals surface area contributed by atoms with Gasteiger partial charge in [0.25, 0.3) is 5.56 Å². The minimum atomic E-state index is -0.625. The predicted molar refractivity (Wildman–Crippen MR) is 149 cm³/mol. The van der Waals surface area contributed by atoms with Gasteiger partial charge in [-0.15, -0.1) is 0 Å². The third kappa shape index (κ3) is 5.58. The molecule has 0 amide bonds. The first-order chi connectivity index (χ1) is 19.5. The molecule has 0 atom stereocenters. The van der Waals surface area contributed by atoms with E-state index >= 15 is 0 Å². The van der Waals surface area contributed by atoms with E-state index in [4.69, 9.17) is 9.72 Å². The van der Waals surface area contributed by atoms with Crippen LogP contribution in [0.2, 0.25) is 0 Å². The highest BCUT2D eigenvalue weighted by molar-refractivity contribution is 5.78. The summed E-state index contributed by atoms with van der Waals surface area (Å²) < 4.78 is 11.6. The zero-order valence-corrected chi connectivity index (χ0v) is 22.5. The lowest BCUT2D eigenvalue weighted by Gasteiger charge is -2.15. The van der Waals surface area contributed by atoms with Crippen LogP contribution < -0.4 is 16.1 Å². The second-order valence-electron chi connectivity index (χ2n) is 9.20. The molecule has 0 unspecified atom stereocenters. The normalized spacial score (nSPS) is 11.1. The number of benzene rings is 1. The molecule has 1 aromatic carbocycles. The second kappa shape index (κ2) is 11.9. The Hall–Kier alpha value is -4.93. The predicted octanol–water partition coefficient (Wildman–Crippen LogP) is 4.07. The van der Waals surface area contributed by atoms with Crippen molar-refractivity contribution in [2.75, 3.05) is 6.61 Å². The number of aromatic amines is 1. The van der Waals surface area contributed by atoms with Gasteiger partial charge in [-0.05, 0) is 38.3 Å². The van der Waals surface area contributed by atoms with Crippen LogP contribution in [0.15, 0.2) is 69.1 Å². The van der Waals surface area contributed by atoms with E-state index in [0.29, 0.717) is 53.7 Å². The molecule has 0 aliphatic carbocycles. The second-order valence-corrected chi connectivity index (χ2v) is 9.20. The SMILES string of the molecule is CCCCc1nc(C)n(-c2ncc(OCC)cn2)c(=O)c1Cc1ccc(-c2ccccc2-c2noc(=O)[nH]2)nc1. The number of H-pyrrole nitrogens is 1. The van der Waals surface area contributed by atoms with E-state index in [1.165, 1.54) is 4.57 Å². The van der Waals surface area contributed by atoms with Gasteiger partial charge in [0.1, 0.15) is 5.82 Å². The Morgan fingerprint density at radius 2 is 1.75 bits per heavy atom. The third-order valence-corrected chi connectivity index (χ3v) is 6.43. The van der Waals surface area contributed by atoms with E-state index in [1.54, 1.807) is 25.5 Å². The highest BCUT2D eigenvalue weighted by Gasteiger charge is 2.18. The Morgan fingerprint density at radius 1 is 0.975 bits per heavy atom. The Balaban J connectivity index is 1.50. The fourth-order valence-electron chi connectivity index (χ4n) is 4.50. The summed E-state index contributed by atoms with van der Waals surface area (Å²) in [5, 5.41) is 3.81. The van der Waals surface area contributed by atoms with Crippen LogP contribution in [-0.2, 0) is 12.8 Å². The maximum Gasteiger partial charge on any atom is 0.439 e. The first kappa shape index (κ1) is 26.7. The number of hydrogen-bond donors (Lipinski definition) is 1. The van der Waals surface area contributed by atoms with Crippen LogP contribution in [0.5, 0.6) is 5.75 Å². The van der Waals surface area contributed by atoms with Gasteiger partial charge in [-0.1, -0.05) is 48.8 Å². The number of aromatic nitrogens is 7. The smallest absolute Gasteiger partial charge is 0.439 e. The molecular weight excluding hydrogens is 510 g/mol. The monoisotopic (exact) mass is 539 g/mol. The van der Waals surface area contributed by atoms with Crippen molar-refractivity contribution >= 4 is 0 Å². The molecule has 5 aromatic rings. The molecule has 5 rings (SSSR count). The van der Waals surface area contributed by atoms with Crippen LogP contribution >= 0.6 is 0 Å². The van der Waals surface area contributed by atoms with Crippen molar-refractivity contribution in [1.29, 1.82) is 0 Å². The summed E-state index contributed by atoms with van der Waals surface area (Å²) in [6.45, 7) is 6.28. The van der Waals surface area contributed by atoms with Gasteiger partial charge in [-0.3, -0.25) is 19.3 Å². The molecule has 0 saturated carbocycles. The van der Waals surface area contributed by atoms with Crippen LogP contribution in [0, 0.1) is 6.92 Å². The quantitative estimate of drug-likeness (QED) is 0.278. The first-order valence-corrected chi connectivity index (χ1v) is 13.2. The Labute approximate surface area is 230 Å². The van der Waals surface area contributed by atoms with E-state index in [9.17, 15) is 9.59 Å². The Bertz CT molecular complexity index is 1720. The van der Waals surface area contributed by atoms with Gasteiger partial charge in [0.05, 0.1) is 30.4 Å². The number of nitrogens with one attached hydrogen (secondary N) is 1. The van der Waals surface area contributed by atoms with Crippen molar-refractivity contribution in [3.63, 3.8) is 0 Å². The van der Waals surface area contributed by atoms with Crippen LogP contribution in [0.4, 0.5) is 0 Å². The van der Waals surface area contributed by atoms with Crippen molar-refractivity contribution in [3.8, 4) is 34.3 Å². The minimum Gasteiger partial charge on any atom is -0.491 e. The molecule has 4 heterocycles. The molecule has 0 saturated heterocycles. The summed E-state index contributed by atoms with van der Waals surface area (Å²) in [7, 11) is 0. The standard InChI is InChI=1S/C29H29N7O4/c1-4-6-11-25-23(27(37)36(18(3)33-25)28-31-16-20(17-32-28)39-5-2)14-19-12-13-24(30-15-19)21-9-7-8-10-22(21)26-34-29(38)40-35-26/h7-10,12-13,15-17H,4-6,11,14H2,1-3H3,(H,34,35,38). The minimum absolute atomic E-state index is 0.202. The van der Waals surface area contributed by atoms with Crippen molar-refractivity contribution in [2.24, 2.45) is 0 Å². The summed E-state index contributed by atoms with van der Waals surface area (Å²) in [6, 6.07) is 11.3.